The molecule has 0 radical (unpaired) electrons. The van der Waals surface area contributed by atoms with Crippen molar-refractivity contribution in [2.24, 2.45) is 0 Å². The Balaban J connectivity index is 2.21. The normalized spacial score (nSPS) is 11.1. The average molecular weight is 304 g/mol. The first-order chi connectivity index (χ1) is 9.95. The van der Waals surface area contributed by atoms with E-state index < -0.39 is 5.97 Å². The van der Waals surface area contributed by atoms with Crippen LogP contribution in [0.25, 0.3) is 12.2 Å². The first-order valence-corrected chi connectivity index (χ1v) is 7.33. The minimum absolute atomic E-state index is 0.0741. The molecule has 110 valence electrons. The largest absolute Gasteiger partial charge is 0.481 e. The molecule has 2 aromatic rings. The summed E-state index contributed by atoms with van der Waals surface area (Å²) in [5, 5.41) is 8.68. The van der Waals surface area contributed by atoms with Gasteiger partial charge in [0.2, 0.25) is 0 Å². The molecule has 0 aliphatic rings. The van der Waals surface area contributed by atoms with Crippen LogP contribution in [0.1, 0.15) is 33.3 Å². The van der Waals surface area contributed by atoms with E-state index in [9.17, 15) is 9.59 Å². The van der Waals surface area contributed by atoms with Gasteiger partial charge in [-0.2, -0.15) is 0 Å². The molecule has 0 saturated heterocycles. The zero-order chi connectivity index (χ0) is 15.4. The highest BCUT2D eigenvalue weighted by molar-refractivity contribution is 7.12. The first-order valence-electron chi connectivity index (χ1n) is 6.52. The van der Waals surface area contributed by atoms with Crippen LogP contribution in [0.3, 0.4) is 0 Å². The van der Waals surface area contributed by atoms with Crippen LogP contribution in [0.4, 0.5) is 0 Å². The smallest absolute Gasteiger partial charge is 0.303 e. The number of nitrogens with one attached hydrogen (secondary N) is 1. The van der Waals surface area contributed by atoms with E-state index in [1.165, 1.54) is 4.88 Å². The molecule has 0 aliphatic carbocycles. The van der Waals surface area contributed by atoms with Crippen LogP contribution in [-0.2, 0) is 11.2 Å². The fraction of sp³-hybridized carbons (Fsp3) is 0.267. The Morgan fingerprint density at radius 3 is 2.71 bits per heavy atom. The minimum Gasteiger partial charge on any atom is -0.481 e. The lowest BCUT2D eigenvalue weighted by molar-refractivity contribution is -0.136. The minimum atomic E-state index is -0.925. The number of aryl methyl sites for hydroxylation is 2. The topological polar surface area (TPSA) is 83.0 Å². The van der Waals surface area contributed by atoms with Crippen molar-refractivity contribution in [3.8, 4) is 0 Å². The number of carboxylic acids is 1. The van der Waals surface area contributed by atoms with E-state index in [0.717, 1.165) is 4.88 Å². The molecule has 0 aromatic carbocycles. The maximum absolute atomic E-state index is 12.0. The van der Waals surface area contributed by atoms with E-state index in [1.54, 1.807) is 24.3 Å². The summed E-state index contributed by atoms with van der Waals surface area (Å²) in [5.74, 6) is -0.450. The van der Waals surface area contributed by atoms with Gasteiger partial charge in [0.05, 0.1) is 0 Å². The molecule has 5 nitrogen and oxygen atoms in total. The first kappa shape index (κ1) is 15.2. The highest BCUT2D eigenvalue weighted by Gasteiger charge is 2.09. The number of H-pyrrole nitrogens is 1. The molecular formula is C15H16N2O3S. The van der Waals surface area contributed by atoms with Crippen molar-refractivity contribution >= 4 is 29.5 Å². The van der Waals surface area contributed by atoms with Crippen molar-refractivity contribution in [2.75, 3.05) is 0 Å². The molecule has 0 atom stereocenters. The van der Waals surface area contributed by atoms with Crippen LogP contribution in [0.2, 0.25) is 0 Å². The third-order valence-electron chi connectivity index (χ3n) is 3.00. The van der Waals surface area contributed by atoms with Crippen molar-refractivity contribution in [3.05, 3.63) is 49.3 Å². The number of aliphatic carboxylic acids is 1. The molecule has 0 unspecified atom stereocenters. The fourth-order valence-electron chi connectivity index (χ4n) is 1.94. The molecule has 0 aliphatic heterocycles. The Morgan fingerprint density at radius 1 is 1.38 bits per heavy atom. The highest BCUT2D eigenvalue weighted by atomic mass is 32.1. The van der Waals surface area contributed by atoms with E-state index >= 15 is 0 Å². The van der Waals surface area contributed by atoms with Gasteiger partial charge in [-0.1, -0.05) is 0 Å². The number of thiophene rings is 1. The van der Waals surface area contributed by atoms with Crippen molar-refractivity contribution in [1.29, 1.82) is 0 Å². The van der Waals surface area contributed by atoms with E-state index in [-0.39, 0.29) is 18.4 Å². The molecule has 0 fully saturated rings. The number of hydrogen-bond donors (Lipinski definition) is 2. The van der Waals surface area contributed by atoms with Gasteiger partial charge < -0.3 is 10.1 Å². The summed E-state index contributed by atoms with van der Waals surface area (Å²) in [6.45, 7) is 3.75. The zero-order valence-electron chi connectivity index (χ0n) is 11.8. The van der Waals surface area contributed by atoms with Crippen LogP contribution in [-0.4, -0.2) is 21.0 Å². The summed E-state index contributed by atoms with van der Waals surface area (Å²) in [4.78, 5) is 31.8. The van der Waals surface area contributed by atoms with Gasteiger partial charge >= 0.3 is 5.97 Å². The quantitative estimate of drug-likeness (QED) is 0.889. The van der Waals surface area contributed by atoms with Gasteiger partial charge in [0, 0.05) is 27.4 Å². The van der Waals surface area contributed by atoms with E-state index in [2.05, 4.69) is 9.97 Å². The van der Waals surface area contributed by atoms with Gasteiger partial charge in [-0.15, -0.1) is 11.3 Å². The predicted molar refractivity (Wildman–Crippen MR) is 83.5 cm³/mol. The lowest BCUT2D eigenvalue weighted by atomic mass is 10.1. The lowest BCUT2D eigenvalue weighted by Crippen LogP contribution is -2.18. The second kappa shape index (κ2) is 6.49. The molecule has 2 N–H and O–H groups in total. The molecule has 0 bridgehead atoms. The molecular weight excluding hydrogens is 288 g/mol. The van der Waals surface area contributed by atoms with Gasteiger partial charge in [-0.05, 0) is 44.6 Å². The van der Waals surface area contributed by atoms with Gasteiger partial charge in [-0.25, -0.2) is 4.98 Å². The Morgan fingerprint density at radius 2 is 2.14 bits per heavy atom. The Bertz CT molecular complexity index is 744. The number of nitrogens with zero attached hydrogens (tertiary/aromatic N) is 1. The van der Waals surface area contributed by atoms with Gasteiger partial charge in [-0.3, -0.25) is 9.59 Å². The number of hydrogen-bond acceptors (Lipinski definition) is 4. The average Bonchev–Trinajstić information content (AvgIpc) is 2.81. The van der Waals surface area contributed by atoms with Crippen molar-refractivity contribution < 1.29 is 9.90 Å². The Labute approximate surface area is 126 Å². The van der Waals surface area contributed by atoms with Crippen LogP contribution in [0.5, 0.6) is 0 Å². The Kier molecular flexibility index (Phi) is 4.70. The van der Waals surface area contributed by atoms with E-state index in [1.807, 2.05) is 25.1 Å². The van der Waals surface area contributed by atoms with E-state index in [0.29, 0.717) is 17.1 Å². The lowest BCUT2D eigenvalue weighted by Gasteiger charge is -2.03. The number of carbonyl (C=O) groups is 1. The van der Waals surface area contributed by atoms with Crippen molar-refractivity contribution in [2.45, 2.75) is 26.7 Å². The SMILES string of the molecule is Cc1ccc(C=Cc2nc(C)c(CCC(=O)O)c(=O)[nH]2)s1. The number of aromatic nitrogens is 2. The summed E-state index contributed by atoms with van der Waals surface area (Å²) in [6, 6.07) is 4.03. The predicted octanol–water partition coefficient (Wildman–Crippen LogP) is 2.64. The second-order valence-corrected chi connectivity index (χ2v) is 6.01. The molecule has 2 aromatic heterocycles. The summed E-state index contributed by atoms with van der Waals surface area (Å²) >= 11 is 1.66. The monoisotopic (exact) mass is 304 g/mol. The highest BCUT2D eigenvalue weighted by Crippen LogP contribution is 2.17. The maximum atomic E-state index is 12.0. The number of rotatable bonds is 5. The van der Waals surface area contributed by atoms with Crippen LogP contribution in [0, 0.1) is 13.8 Å². The fourth-order valence-corrected chi connectivity index (χ4v) is 2.72. The van der Waals surface area contributed by atoms with E-state index in [4.69, 9.17) is 5.11 Å². The third-order valence-corrected chi connectivity index (χ3v) is 3.96. The van der Waals surface area contributed by atoms with Crippen LogP contribution >= 0.6 is 11.3 Å². The molecule has 0 saturated carbocycles. The van der Waals surface area contributed by atoms with Crippen LogP contribution < -0.4 is 5.56 Å². The maximum Gasteiger partial charge on any atom is 0.303 e. The number of carboxylic acid groups (broad SMARTS) is 1. The van der Waals surface area contributed by atoms with Crippen molar-refractivity contribution in [1.82, 2.24) is 9.97 Å². The van der Waals surface area contributed by atoms with Crippen LogP contribution in [0.15, 0.2) is 16.9 Å². The summed E-state index contributed by atoms with van der Waals surface area (Å²) < 4.78 is 0. The van der Waals surface area contributed by atoms with Gasteiger partial charge in [0.1, 0.15) is 5.82 Å². The summed E-state index contributed by atoms with van der Waals surface area (Å²) in [5.41, 5.74) is 0.731. The van der Waals surface area contributed by atoms with Gasteiger partial charge in [0.15, 0.2) is 0 Å². The summed E-state index contributed by atoms with van der Waals surface area (Å²) in [6.07, 6.45) is 3.76. The zero-order valence-corrected chi connectivity index (χ0v) is 12.7. The third kappa shape index (κ3) is 4.13. The summed E-state index contributed by atoms with van der Waals surface area (Å²) in [7, 11) is 0. The molecule has 0 amide bonds. The number of aromatic amines is 1. The molecule has 0 spiro atoms. The molecule has 2 heterocycles. The van der Waals surface area contributed by atoms with Crippen molar-refractivity contribution in [3.63, 3.8) is 0 Å². The molecule has 21 heavy (non-hydrogen) atoms. The van der Waals surface area contributed by atoms with Gasteiger partial charge in [0.25, 0.3) is 5.56 Å². The second-order valence-electron chi connectivity index (χ2n) is 4.69. The Hall–Kier alpha value is -2.21. The molecule has 2 rings (SSSR count). The molecule has 6 heteroatoms. The standard InChI is InChI=1S/C15H16N2O3S/c1-9-3-4-11(21-9)5-7-13-16-10(2)12(15(20)17-13)6-8-14(18)19/h3-5,7H,6,8H2,1-2H3,(H,18,19)(H,16,17,20).